The Hall–Kier alpha value is -0.350. The van der Waals surface area contributed by atoms with E-state index in [0.29, 0.717) is 5.02 Å². The van der Waals surface area contributed by atoms with Gasteiger partial charge in [0, 0.05) is 10.8 Å². The van der Waals surface area contributed by atoms with Gasteiger partial charge in [0.2, 0.25) is 0 Å². The van der Waals surface area contributed by atoms with Crippen LogP contribution in [0.15, 0.2) is 40.2 Å². The minimum atomic E-state index is -0.522. The van der Waals surface area contributed by atoms with E-state index in [0.717, 1.165) is 14.2 Å². The molecule has 2 rings (SSSR count). The lowest BCUT2D eigenvalue weighted by molar-refractivity contribution is 0.155. The summed E-state index contributed by atoms with van der Waals surface area (Å²) in [4.78, 5) is 0.887. The van der Waals surface area contributed by atoms with Crippen LogP contribution in [0.4, 0.5) is 0 Å². The Morgan fingerprint density at radius 3 is 2.47 bits per heavy atom. The molecule has 0 bridgehead atoms. The molecule has 1 aromatic carbocycles. The summed E-state index contributed by atoms with van der Waals surface area (Å²) in [6, 6.07) is 11.8. The maximum Gasteiger partial charge on any atom is 0.0948 e. The number of aliphatic hydroxyl groups excluding tert-OH is 1. The van der Waals surface area contributed by atoms with Gasteiger partial charge in [-0.15, -0.1) is 11.3 Å². The Kier molecular flexibility index (Phi) is 4.26. The normalized spacial score (nSPS) is 14.6. The van der Waals surface area contributed by atoms with Gasteiger partial charge in [0.15, 0.2) is 0 Å². The third-order valence-corrected chi connectivity index (χ3v) is 5.30. The molecule has 0 fully saturated rings. The molecule has 0 saturated carbocycles. The molecule has 1 heterocycles. The van der Waals surface area contributed by atoms with E-state index in [1.807, 2.05) is 43.3 Å². The Balaban J connectivity index is 2.23. The molecule has 0 saturated heterocycles. The zero-order valence-corrected chi connectivity index (χ0v) is 12.4. The number of hydrogen-bond acceptors (Lipinski definition) is 2. The van der Waals surface area contributed by atoms with Crippen LogP contribution in [0.25, 0.3) is 0 Å². The lowest BCUT2D eigenvalue weighted by Crippen LogP contribution is -2.05. The van der Waals surface area contributed by atoms with Crippen LogP contribution in [-0.4, -0.2) is 5.11 Å². The molecule has 1 N–H and O–H groups in total. The minimum absolute atomic E-state index is 0.0535. The van der Waals surface area contributed by atoms with Crippen LogP contribution in [-0.2, 0) is 0 Å². The topological polar surface area (TPSA) is 20.2 Å². The molecule has 0 aliphatic rings. The third-order valence-electron chi connectivity index (χ3n) is 2.75. The van der Waals surface area contributed by atoms with Crippen molar-refractivity contribution in [3.63, 3.8) is 0 Å². The Labute approximate surface area is 118 Å². The van der Waals surface area contributed by atoms with Crippen LogP contribution in [0, 0.1) is 0 Å². The van der Waals surface area contributed by atoms with Gasteiger partial charge in [-0.1, -0.05) is 48.9 Å². The number of thiophene rings is 1. The van der Waals surface area contributed by atoms with Gasteiger partial charge < -0.3 is 5.11 Å². The zero-order valence-electron chi connectivity index (χ0n) is 9.23. The summed E-state index contributed by atoms with van der Waals surface area (Å²) in [5, 5.41) is 11.0. The van der Waals surface area contributed by atoms with Gasteiger partial charge in [0.25, 0.3) is 0 Å². The highest BCUT2D eigenvalue weighted by Crippen LogP contribution is 2.39. The largest absolute Gasteiger partial charge is 0.387 e. The molecule has 0 spiro atoms. The van der Waals surface area contributed by atoms with Gasteiger partial charge in [0.1, 0.15) is 0 Å². The maximum absolute atomic E-state index is 10.3. The van der Waals surface area contributed by atoms with Crippen LogP contribution in [0.1, 0.15) is 29.4 Å². The standard InChI is InChI=1S/C13H12BrClOS/c1-8(9-5-3-2-4-6-9)12(16)11-7-10(15)13(14)17-11/h2-8,12,16H,1H3. The summed E-state index contributed by atoms with van der Waals surface area (Å²) >= 11 is 10.8. The smallest absolute Gasteiger partial charge is 0.0948 e. The Morgan fingerprint density at radius 2 is 1.94 bits per heavy atom. The van der Waals surface area contributed by atoms with Crippen molar-refractivity contribution in [3.05, 3.63) is 55.6 Å². The lowest BCUT2D eigenvalue weighted by atomic mass is 9.94. The number of benzene rings is 1. The molecule has 1 nitrogen and oxygen atoms in total. The van der Waals surface area contributed by atoms with E-state index in [1.165, 1.54) is 11.3 Å². The highest BCUT2D eigenvalue weighted by atomic mass is 79.9. The molecule has 1 aromatic heterocycles. The van der Waals surface area contributed by atoms with Gasteiger partial charge in [0.05, 0.1) is 14.9 Å². The van der Waals surface area contributed by atoms with Gasteiger partial charge in [-0.05, 0) is 27.6 Å². The van der Waals surface area contributed by atoms with E-state index in [1.54, 1.807) is 0 Å². The van der Waals surface area contributed by atoms with Crippen molar-refractivity contribution in [2.45, 2.75) is 18.9 Å². The van der Waals surface area contributed by atoms with Crippen molar-refractivity contribution in [2.24, 2.45) is 0 Å². The van der Waals surface area contributed by atoms with Gasteiger partial charge in [-0.25, -0.2) is 0 Å². The molecule has 2 atom stereocenters. The molecule has 2 aromatic rings. The molecule has 0 aliphatic heterocycles. The van der Waals surface area contributed by atoms with Crippen LogP contribution < -0.4 is 0 Å². The summed E-state index contributed by atoms with van der Waals surface area (Å²) in [5.41, 5.74) is 1.13. The quantitative estimate of drug-likeness (QED) is 0.839. The highest BCUT2D eigenvalue weighted by molar-refractivity contribution is 9.11. The fraction of sp³-hybridized carbons (Fsp3) is 0.231. The first-order valence-corrected chi connectivity index (χ1v) is 7.26. The van der Waals surface area contributed by atoms with Crippen LogP contribution >= 0.6 is 38.9 Å². The van der Waals surface area contributed by atoms with Crippen molar-refractivity contribution >= 4 is 38.9 Å². The molecule has 17 heavy (non-hydrogen) atoms. The number of hydrogen-bond donors (Lipinski definition) is 1. The molecule has 2 unspecified atom stereocenters. The second-order valence-electron chi connectivity index (χ2n) is 3.91. The zero-order chi connectivity index (χ0) is 12.4. The molecule has 0 radical (unpaired) electrons. The van der Waals surface area contributed by atoms with E-state index < -0.39 is 6.10 Å². The van der Waals surface area contributed by atoms with Crippen LogP contribution in [0.3, 0.4) is 0 Å². The van der Waals surface area contributed by atoms with E-state index >= 15 is 0 Å². The molecule has 0 amide bonds. The van der Waals surface area contributed by atoms with E-state index in [2.05, 4.69) is 15.9 Å². The highest BCUT2D eigenvalue weighted by Gasteiger charge is 2.20. The average molecular weight is 332 g/mol. The first kappa shape index (κ1) is 13.1. The van der Waals surface area contributed by atoms with E-state index in [9.17, 15) is 5.11 Å². The monoisotopic (exact) mass is 330 g/mol. The second kappa shape index (κ2) is 5.53. The summed E-state index contributed by atoms with van der Waals surface area (Å²) in [7, 11) is 0. The van der Waals surface area contributed by atoms with Gasteiger partial charge in [-0.2, -0.15) is 0 Å². The average Bonchev–Trinajstić information content (AvgIpc) is 2.69. The molecular formula is C13H12BrClOS. The SMILES string of the molecule is CC(c1ccccc1)C(O)c1cc(Cl)c(Br)s1. The number of rotatable bonds is 3. The first-order chi connectivity index (χ1) is 8.09. The fourth-order valence-corrected chi connectivity index (χ4v) is 3.53. The van der Waals surface area contributed by atoms with Crippen molar-refractivity contribution in [2.75, 3.05) is 0 Å². The van der Waals surface area contributed by atoms with Gasteiger partial charge in [-0.3, -0.25) is 0 Å². The van der Waals surface area contributed by atoms with Gasteiger partial charge >= 0.3 is 0 Å². The summed E-state index contributed by atoms with van der Waals surface area (Å²) in [5.74, 6) is 0.0535. The maximum atomic E-state index is 10.3. The van der Waals surface area contributed by atoms with Crippen molar-refractivity contribution in [1.29, 1.82) is 0 Å². The Bertz CT molecular complexity index is 478. The molecule has 90 valence electrons. The second-order valence-corrected chi connectivity index (χ2v) is 6.72. The minimum Gasteiger partial charge on any atom is -0.387 e. The summed E-state index contributed by atoms with van der Waals surface area (Å²) < 4.78 is 0.869. The lowest BCUT2D eigenvalue weighted by Gasteiger charge is -2.17. The first-order valence-electron chi connectivity index (χ1n) is 5.27. The van der Waals surface area contributed by atoms with Crippen molar-refractivity contribution < 1.29 is 5.11 Å². The molecule has 0 aliphatic carbocycles. The summed E-state index contributed by atoms with van der Waals surface area (Å²) in [6.45, 7) is 2.02. The van der Waals surface area contributed by atoms with E-state index in [4.69, 9.17) is 11.6 Å². The Morgan fingerprint density at radius 1 is 1.29 bits per heavy atom. The van der Waals surface area contributed by atoms with E-state index in [-0.39, 0.29) is 5.92 Å². The summed E-state index contributed by atoms with van der Waals surface area (Å²) in [6.07, 6.45) is -0.522. The molecule has 4 heteroatoms. The number of aliphatic hydroxyl groups is 1. The number of halogens is 2. The van der Waals surface area contributed by atoms with Crippen molar-refractivity contribution in [3.8, 4) is 0 Å². The fourth-order valence-electron chi connectivity index (χ4n) is 1.69. The van der Waals surface area contributed by atoms with Crippen LogP contribution in [0.2, 0.25) is 5.02 Å². The molecular weight excluding hydrogens is 320 g/mol. The van der Waals surface area contributed by atoms with Crippen molar-refractivity contribution in [1.82, 2.24) is 0 Å². The predicted molar refractivity (Wildman–Crippen MR) is 76.8 cm³/mol. The predicted octanol–water partition coefficient (Wildman–Crippen LogP) is 5.00. The third kappa shape index (κ3) is 2.91. The van der Waals surface area contributed by atoms with Crippen LogP contribution in [0.5, 0.6) is 0 Å².